The number of aromatic hydroxyl groups is 1. The molecule has 12 nitrogen and oxygen atoms in total. The molecule has 0 aromatic heterocycles. The fraction of sp³-hybridized carbons (Fsp3) is 0.111. The highest BCUT2D eigenvalue weighted by atomic mass is 32.3. The normalized spacial score (nSPS) is 14.6. The monoisotopic (exact) mass is 518 g/mol. The molecule has 178 valence electrons. The fourth-order valence-electron chi connectivity index (χ4n) is 2.82. The highest BCUT2D eigenvalue weighted by molar-refractivity contribution is 8.19. The molecule has 0 heterocycles. The van der Waals surface area contributed by atoms with Crippen LogP contribution in [0.25, 0.3) is 10.8 Å². The Bertz CT molecular complexity index is 1430. The smallest absolute Gasteiger partial charge is 0.398 e. The van der Waals surface area contributed by atoms with E-state index in [2.05, 4.69) is 14.4 Å². The average molecular weight is 519 g/mol. The summed E-state index contributed by atoms with van der Waals surface area (Å²) < 4.78 is 88.3. The summed E-state index contributed by atoms with van der Waals surface area (Å²) in [6.45, 7) is 0.925. The second-order valence-corrected chi connectivity index (χ2v) is 11.4. The van der Waals surface area contributed by atoms with Gasteiger partial charge in [0.15, 0.2) is 11.2 Å². The number of hydrogen-bond donors (Lipinski definition) is 5. The van der Waals surface area contributed by atoms with Crippen molar-refractivity contribution < 1.29 is 44.3 Å². The Balaban J connectivity index is 1.97. The van der Waals surface area contributed by atoms with E-state index in [1.807, 2.05) is 0 Å². The summed E-state index contributed by atoms with van der Waals surface area (Å²) in [5, 5.41) is 18.9. The van der Waals surface area contributed by atoms with Crippen LogP contribution in [0.3, 0.4) is 0 Å². The predicted molar refractivity (Wildman–Crippen MR) is 119 cm³/mol. The third-order valence-electron chi connectivity index (χ3n) is 4.38. The van der Waals surface area contributed by atoms with Gasteiger partial charge < -0.3 is 18.8 Å². The maximum absolute atomic E-state index is 12.4. The number of phenolic OH excluding ortho intramolecular Hbond substituents is 1. The van der Waals surface area contributed by atoms with Crippen LogP contribution < -0.4 is 0 Å². The molecule has 5 N–H and O–H groups in total. The zero-order valence-electron chi connectivity index (χ0n) is 16.7. The number of hydrogen-bond acceptors (Lipinski definition) is 11. The maximum atomic E-state index is 12.4. The van der Waals surface area contributed by atoms with Crippen LogP contribution in [-0.2, 0) is 24.4 Å². The number of azo groups is 1. The topological polar surface area (TPSA) is 203 Å². The summed E-state index contributed by atoms with van der Waals surface area (Å²) >= 11 is 0. The molecule has 0 saturated carbocycles. The van der Waals surface area contributed by atoms with Gasteiger partial charge in [0.1, 0.15) is 16.6 Å². The highest BCUT2D eigenvalue weighted by Gasteiger charge is 2.28. The van der Waals surface area contributed by atoms with Gasteiger partial charge in [0.05, 0.1) is 15.5 Å². The number of fused-ring (bicyclic) bond motifs is 1. The van der Waals surface area contributed by atoms with Gasteiger partial charge in [-0.15, -0.1) is 5.11 Å². The van der Waals surface area contributed by atoms with Crippen molar-refractivity contribution in [1.29, 1.82) is 0 Å². The largest absolute Gasteiger partial charge is 0.505 e. The maximum Gasteiger partial charge on any atom is 0.398 e. The second-order valence-electron chi connectivity index (χ2n) is 6.64. The lowest BCUT2D eigenvalue weighted by atomic mass is 10.1. The van der Waals surface area contributed by atoms with E-state index in [0.29, 0.717) is 10.8 Å². The molecule has 0 bridgehead atoms. The van der Waals surface area contributed by atoms with Crippen LogP contribution in [0.2, 0.25) is 0 Å². The van der Waals surface area contributed by atoms with Gasteiger partial charge in [-0.25, -0.2) is 12.6 Å². The summed E-state index contributed by atoms with van der Waals surface area (Å²) in [6.07, 6.45) is 0. The Labute approximate surface area is 190 Å². The van der Waals surface area contributed by atoms with Crippen molar-refractivity contribution in [2.45, 2.75) is 22.2 Å². The van der Waals surface area contributed by atoms with Crippen molar-refractivity contribution in [2.24, 2.45) is 10.2 Å². The lowest BCUT2D eigenvalue weighted by molar-refractivity contribution is 0.251. The number of nitrogens with zero attached hydrogens (tertiary/aromatic N) is 2. The molecule has 0 amide bonds. The molecule has 0 spiro atoms. The fourth-order valence-corrected chi connectivity index (χ4v) is 5.46. The molecule has 15 heteroatoms. The Morgan fingerprint density at radius 2 is 1.48 bits per heavy atom. The van der Waals surface area contributed by atoms with E-state index in [-0.39, 0.29) is 10.6 Å². The molecule has 0 aliphatic heterocycles. The summed E-state index contributed by atoms with van der Waals surface area (Å²) in [4.78, 5) is -0.797. The van der Waals surface area contributed by atoms with E-state index in [0.717, 1.165) is 19.1 Å². The lowest BCUT2D eigenvalue weighted by Crippen LogP contribution is -2.24. The Kier molecular flexibility index (Phi) is 6.79. The van der Waals surface area contributed by atoms with Crippen LogP contribution in [0, 0.1) is 0 Å². The van der Waals surface area contributed by atoms with Crippen molar-refractivity contribution in [1.82, 2.24) is 0 Å². The first-order valence-electron chi connectivity index (χ1n) is 8.87. The molecule has 3 aromatic carbocycles. The van der Waals surface area contributed by atoms with Gasteiger partial charge in [-0.1, -0.05) is 24.3 Å². The SMILES string of the molecule is CC(OS(=O)(=O)O)S(=O)(=O)c1ccc(N=Nc2c(S(O)(O)O)cc3ccccc3c2O)cc1. The van der Waals surface area contributed by atoms with Crippen LogP contribution >= 0.6 is 10.9 Å². The molecule has 0 radical (unpaired) electrons. The average Bonchev–Trinajstić information content (AvgIpc) is 2.71. The molecule has 0 aliphatic rings. The van der Waals surface area contributed by atoms with Crippen LogP contribution in [0.1, 0.15) is 6.92 Å². The van der Waals surface area contributed by atoms with Gasteiger partial charge in [-0.3, -0.25) is 4.55 Å². The summed E-state index contributed by atoms with van der Waals surface area (Å²) in [6, 6.07) is 12.2. The predicted octanol–water partition coefficient (Wildman–Crippen LogP) is 4.48. The minimum atomic E-state index is -4.99. The molecule has 1 atom stereocenters. The first kappa shape index (κ1) is 25.0. The van der Waals surface area contributed by atoms with Gasteiger partial charge in [0.2, 0.25) is 9.84 Å². The van der Waals surface area contributed by atoms with Gasteiger partial charge in [0, 0.05) is 5.39 Å². The van der Waals surface area contributed by atoms with Crippen molar-refractivity contribution >= 4 is 53.3 Å². The Morgan fingerprint density at radius 3 is 2.06 bits per heavy atom. The molecule has 0 aliphatic carbocycles. The molecule has 3 aromatic rings. The molecule has 1 unspecified atom stereocenters. The third kappa shape index (κ3) is 5.66. The quantitative estimate of drug-likeness (QED) is 0.219. The van der Waals surface area contributed by atoms with Crippen LogP contribution in [-0.4, -0.2) is 45.6 Å². The van der Waals surface area contributed by atoms with E-state index >= 15 is 0 Å². The van der Waals surface area contributed by atoms with E-state index in [4.69, 9.17) is 4.55 Å². The summed E-state index contributed by atoms with van der Waals surface area (Å²) in [7, 11) is -13.6. The lowest BCUT2D eigenvalue weighted by Gasteiger charge is -2.22. The van der Waals surface area contributed by atoms with E-state index in [9.17, 15) is 35.6 Å². The first-order valence-corrected chi connectivity index (χ1v) is 13.3. The van der Waals surface area contributed by atoms with Gasteiger partial charge in [0.25, 0.3) is 0 Å². The molecule has 33 heavy (non-hydrogen) atoms. The number of rotatable bonds is 7. The zero-order chi connectivity index (χ0) is 24.6. The second kappa shape index (κ2) is 8.96. The van der Waals surface area contributed by atoms with Crippen LogP contribution in [0.4, 0.5) is 11.4 Å². The van der Waals surface area contributed by atoms with Gasteiger partial charge in [-0.05, 0) is 42.6 Å². The van der Waals surface area contributed by atoms with Crippen molar-refractivity contribution in [3.8, 4) is 5.75 Å². The van der Waals surface area contributed by atoms with E-state index in [1.54, 1.807) is 24.3 Å². The molecular formula is C18H18N2O10S3. The molecule has 3 rings (SSSR count). The Hall–Kier alpha value is -2.63. The number of sulfone groups is 1. The Morgan fingerprint density at radius 1 is 0.879 bits per heavy atom. The third-order valence-corrected chi connectivity index (χ3v) is 7.83. The van der Waals surface area contributed by atoms with Crippen molar-refractivity contribution in [3.63, 3.8) is 0 Å². The van der Waals surface area contributed by atoms with Crippen molar-refractivity contribution in [2.75, 3.05) is 0 Å². The van der Waals surface area contributed by atoms with Gasteiger partial charge in [-0.2, -0.15) is 13.5 Å². The first-order chi connectivity index (χ1) is 15.2. The van der Waals surface area contributed by atoms with E-state index < -0.39 is 52.9 Å². The van der Waals surface area contributed by atoms with Crippen molar-refractivity contribution in [3.05, 3.63) is 54.6 Å². The highest BCUT2D eigenvalue weighted by Crippen LogP contribution is 2.54. The minimum absolute atomic E-state index is 0.0743. The number of benzene rings is 3. The summed E-state index contributed by atoms with van der Waals surface area (Å²) in [5.74, 6) is -0.462. The van der Waals surface area contributed by atoms with E-state index in [1.165, 1.54) is 18.2 Å². The van der Waals surface area contributed by atoms with Crippen LogP contribution in [0.15, 0.2) is 74.6 Å². The minimum Gasteiger partial charge on any atom is -0.505 e. The van der Waals surface area contributed by atoms with Gasteiger partial charge >= 0.3 is 10.4 Å². The standard InChI is InChI=1S/C18H18N2O10S3/c1-11(30-33(27,28)29)31(22,23)14-8-6-13(7-9-14)19-20-17-16(32(24,25)26)10-12-4-2-3-5-15(12)18(17)21/h2-11,21,24-26H,1H3,(H,27,28,29). The number of phenols is 1. The van der Waals surface area contributed by atoms with Crippen LogP contribution in [0.5, 0.6) is 5.75 Å². The molecule has 0 fully saturated rings. The molecule has 0 saturated heterocycles. The zero-order valence-corrected chi connectivity index (χ0v) is 19.1. The summed E-state index contributed by atoms with van der Waals surface area (Å²) in [5.41, 5.74) is -2.22. The molecular weight excluding hydrogens is 500 g/mol.